The molecule has 0 saturated heterocycles. The van der Waals surface area contributed by atoms with Crippen molar-refractivity contribution >= 4 is 32.6 Å². The van der Waals surface area contributed by atoms with Gasteiger partial charge >= 0.3 is 0 Å². The molecule has 0 fully saturated rings. The third kappa shape index (κ3) is 2.25. The van der Waals surface area contributed by atoms with E-state index in [9.17, 15) is 4.79 Å². The SMILES string of the molecule is CC(=O)c1cc(C(C)C)nc2c(Br)cccc12. The lowest BCUT2D eigenvalue weighted by Crippen LogP contribution is -2.01. The summed E-state index contributed by atoms with van der Waals surface area (Å²) in [5, 5.41) is 0.913. The Morgan fingerprint density at radius 3 is 2.65 bits per heavy atom. The summed E-state index contributed by atoms with van der Waals surface area (Å²) in [7, 11) is 0. The summed E-state index contributed by atoms with van der Waals surface area (Å²) in [5.74, 6) is 0.391. The number of pyridine rings is 1. The molecule has 3 heteroatoms. The van der Waals surface area contributed by atoms with Crippen LogP contribution in [0.5, 0.6) is 0 Å². The molecule has 2 aromatic rings. The van der Waals surface area contributed by atoms with Gasteiger partial charge in [0.05, 0.1) is 5.52 Å². The molecule has 2 rings (SSSR count). The van der Waals surface area contributed by atoms with E-state index in [0.29, 0.717) is 5.92 Å². The average molecular weight is 292 g/mol. The molecule has 2 nitrogen and oxygen atoms in total. The molecule has 0 aliphatic carbocycles. The Morgan fingerprint density at radius 2 is 2.06 bits per heavy atom. The van der Waals surface area contributed by atoms with Crippen LogP contribution in [0.2, 0.25) is 0 Å². The van der Waals surface area contributed by atoms with Crippen LogP contribution >= 0.6 is 15.9 Å². The normalized spacial score (nSPS) is 11.1. The van der Waals surface area contributed by atoms with Crippen LogP contribution in [0, 0.1) is 0 Å². The van der Waals surface area contributed by atoms with Crippen LogP contribution in [-0.4, -0.2) is 10.8 Å². The van der Waals surface area contributed by atoms with Gasteiger partial charge in [-0.3, -0.25) is 9.78 Å². The van der Waals surface area contributed by atoms with E-state index in [1.54, 1.807) is 6.92 Å². The first-order valence-electron chi connectivity index (χ1n) is 5.61. The molecule has 1 aromatic heterocycles. The smallest absolute Gasteiger partial charge is 0.160 e. The summed E-state index contributed by atoms with van der Waals surface area (Å²) in [5.41, 5.74) is 2.57. The zero-order valence-corrected chi connectivity index (χ0v) is 11.7. The van der Waals surface area contributed by atoms with Gasteiger partial charge in [0.25, 0.3) is 0 Å². The van der Waals surface area contributed by atoms with Crippen molar-refractivity contribution in [3.63, 3.8) is 0 Å². The topological polar surface area (TPSA) is 30.0 Å². The minimum atomic E-state index is 0.0809. The predicted molar refractivity (Wildman–Crippen MR) is 73.5 cm³/mol. The number of carbonyl (C=O) groups is 1. The van der Waals surface area contributed by atoms with Crippen LogP contribution in [0.1, 0.15) is 42.7 Å². The van der Waals surface area contributed by atoms with Crippen molar-refractivity contribution in [3.05, 3.63) is 40.0 Å². The zero-order chi connectivity index (χ0) is 12.6. The van der Waals surface area contributed by atoms with Crippen molar-refractivity contribution in [2.45, 2.75) is 26.7 Å². The third-order valence-electron chi connectivity index (χ3n) is 2.78. The van der Waals surface area contributed by atoms with E-state index in [1.807, 2.05) is 24.3 Å². The van der Waals surface area contributed by atoms with Gasteiger partial charge in [-0.15, -0.1) is 0 Å². The summed E-state index contributed by atoms with van der Waals surface area (Å²) in [6.45, 7) is 5.75. The second-order valence-electron chi connectivity index (χ2n) is 4.44. The van der Waals surface area contributed by atoms with E-state index >= 15 is 0 Å². The molecule has 0 atom stereocenters. The highest BCUT2D eigenvalue weighted by molar-refractivity contribution is 9.10. The first kappa shape index (κ1) is 12.2. The molecule has 0 radical (unpaired) electrons. The number of fused-ring (bicyclic) bond motifs is 1. The van der Waals surface area contributed by atoms with Gasteiger partial charge in [-0.25, -0.2) is 0 Å². The van der Waals surface area contributed by atoms with Gasteiger partial charge in [0.15, 0.2) is 5.78 Å². The summed E-state index contributed by atoms with van der Waals surface area (Å²) in [6, 6.07) is 7.72. The number of rotatable bonds is 2. The van der Waals surface area contributed by atoms with Gasteiger partial charge in [0.1, 0.15) is 0 Å². The van der Waals surface area contributed by atoms with Gasteiger partial charge < -0.3 is 0 Å². The summed E-state index contributed by atoms with van der Waals surface area (Å²) in [6.07, 6.45) is 0. The fourth-order valence-corrected chi connectivity index (χ4v) is 2.28. The number of halogens is 1. The monoisotopic (exact) mass is 291 g/mol. The Hall–Kier alpha value is -1.22. The third-order valence-corrected chi connectivity index (χ3v) is 3.42. The molecule has 0 spiro atoms. The van der Waals surface area contributed by atoms with E-state index < -0.39 is 0 Å². The molecule has 0 aliphatic heterocycles. The molecule has 88 valence electrons. The molecule has 1 heterocycles. The second kappa shape index (κ2) is 4.57. The molecule has 0 unspecified atom stereocenters. The maximum atomic E-state index is 11.7. The Bertz CT molecular complexity index is 590. The predicted octanol–water partition coefficient (Wildman–Crippen LogP) is 4.32. The standard InChI is InChI=1S/C14H14BrNO/c1-8(2)13-7-11(9(3)17)10-5-4-6-12(15)14(10)16-13/h4-8H,1-3H3. The summed E-state index contributed by atoms with van der Waals surface area (Å²) in [4.78, 5) is 16.3. The van der Waals surface area contributed by atoms with Crippen LogP contribution < -0.4 is 0 Å². The number of nitrogens with zero attached hydrogens (tertiary/aromatic N) is 1. The van der Waals surface area contributed by atoms with Crippen molar-refractivity contribution in [1.29, 1.82) is 0 Å². The van der Waals surface area contributed by atoms with Crippen molar-refractivity contribution in [2.24, 2.45) is 0 Å². The molecule has 17 heavy (non-hydrogen) atoms. The van der Waals surface area contributed by atoms with Gasteiger partial charge in [-0.05, 0) is 40.9 Å². The van der Waals surface area contributed by atoms with E-state index in [0.717, 1.165) is 26.6 Å². The van der Waals surface area contributed by atoms with Gasteiger partial charge in [0.2, 0.25) is 0 Å². The maximum Gasteiger partial charge on any atom is 0.160 e. The number of para-hydroxylation sites is 1. The number of benzene rings is 1. The highest BCUT2D eigenvalue weighted by Gasteiger charge is 2.12. The van der Waals surface area contributed by atoms with Gasteiger partial charge in [-0.2, -0.15) is 0 Å². The van der Waals surface area contributed by atoms with Crippen molar-refractivity contribution in [2.75, 3.05) is 0 Å². The fourth-order valence-electron chi connectivity index (χ4n) is 1.82. The Labute approximate surface area is 109 Å². The van der Waals surface area contributed by atoms with E-state index in [-0.39, 0.29) is 5.78 Å². The molecular formula is C14H14BrNO. The van der Waals surface area contributed by atoms with Crippen molar-refractivity contribution < 1.29 is 4.79 Å². The maximum absolute atomic E-state index is 11.7. The minimum Gasteiger partial charge on any atom is -0.294 e. The Morgan fingerprint density at radius 1 is 1.35 bits per heavy atom. The Kier molecular flexibility index (Phi) is 3.29. The molecular weight excluding hydrogens is 278 g/mol. The highest BCUT2D eigenvalue weighted by atomic mass is 79.9. The number of hydrogen-bond donors (Lipinski definition) is 0. The number of aromatic nitrogens is 1. The van der Waals surface area contributed by atoms with E-state index in [2.05, 4.69) is 34.8 Å². The molecule has 0 aliphatic rings. The lowest BCUT2D eigenvalue weighted by Gasteiger charge is -2.10. The summed E-state index contributed by atoms with van der Waals surface area (Å²) >= 11 is 3.49. The first-order chi connectivity index (χ1) is 8.00. The average Bonchev–Trinajstić information content (AvgIpc) is 2.28. The van der Waals surface area contributed by atoms with Crippen LogP contribution in [0.25, 0.3) is 10.9 Å². The summed E-state index contributed by atoms with van der Waals surface area (Å²) < 4.78 is 0.931. The lowest BCUT2D eigenvalue weighted by atomic mass is 10.0. The van der Waals surface area contributed by atoms with Crippen molar-refractivity contribution in [1.82, 2.24) is 4.98 Å². The van der Waals surface area contributed by atoms with E-state index in [4.69, 9.17) is 0 Å². The van der Waals surface area contributed by atoms with Crippen LogP contribution in [-0.2, 0) is 0 Å². The number of ketones is 1. The Balaban J connectivity index is 2.86. The first-order valence-corrected chi connectivity index (χ1v) is 6.40. The highest BCUT2D eigenvalue weighted by Crippen LogP contribution is 2.27. The largest absolute Gasteiger partial charge is 0.294 e. The quantitative estimate of drug-likeness (QED) is 0.771. The molecule has 1 aromatic carbocycles. The van der Waals surface area contributed by atoms with Crippen LogP contribution in [0.4, 0.5) is 0 Å². The number of carbonyl (C=O) groups excluding carboxylic acids is 1. The van der Waals surface area contributed by atoms with Crippen LogP contribution in [0.3, 0.4) is 0 Å². The fraction of sp³-hybridized carbons (Fsp3) is 0.286. The second-order valence-corrected chi connectivity index (χ2v) is 5.30. The molecule has 0 saturated carbocycles. The molecule has 0 bridgehead atoms. The number of hydrogen-bond acceptors (Lipinski definition) is 2. The van der Waals surface area contributed by atoms with E-state index in [1.165, 1.54) is 0 Å². The van der Waals surface area contributed by atoms with Crippen LogP contribution in [0.15, 0.2) is 28.7 Å². The van der Waals surface area contributed by atoms with Gasteiger partial charge in [-0.1, -0.05) is 26.0 Å². The van der Waals surface area contributed by atoms with Gasteiger partial charge in [0, 0.05) is 21.1 Å². The molecule has 0 N–H and O–H groups in total. The minimum absolute atomic E-state index is 0.0809. The lowest BCUT2D eigenvalue weighted by molar-refractivity contribution is 0.101. The number of Topliss-reactive ketones (excluding diaryl/α,β-unsaturated/α-hetero) is 1. The zero-order valence-electron chi connectivity index (χ0n) is 10.1. The van der Waals surface area contributed by atoms with Crippen molar-refractivity contribution in [3.8, 4) is 0 Å². The molecule has 0 amide bonds.